The van der Waals surface area contributed by atoms with E-state index >= 15 is 0 Å². The maximum absolute atomic E-state index is 14.4. The van der Waals surface area contributed by atoms with E-state index in [1.165, 1.54) is 19.2 Å². The summed E-state index contributed by atoms with van der Waals surface area (Å²) in [7, 11) is 1.52. The van der Waals surface area contributed by atoms with E-state index in [1.807, 2.05) is 42.5 Å². The minimum Gasteiger partial charge on any atom is -0.467 e. The Labute approximate surface area is 193 Å². The van der Waals surface area contributed by atoms with Crippen LogP contribution in [0.3, 0.4) is 0 Å². The molecule has 0 fully saturated rings. The first-order valence-corrected chi connectivity index (χ1v) is 11.0. The van der Waals surface area contributed by atoms with Crippen LogP contribution in [0.25, 0.3) is 0 Å². The molecule has 7 heteroatoms. The number of rotatable bonds is 6. The average Bonchev–Trinajstić information content (AvgIpc) is 3.35. The van der Waals surface area contributed by atoms with Crippen molar-refractivity contribution >= 4 is 33.2 Å². The third-order valence-electron chi connectivity index (χ3n) is 5.76. The number of ether oxygens (including phenoxy) is 2. The lowest BCUT2D eigenvalue weighted by molar-refractivity contribution is 0.0492. The van der Waals surface area contributed by atoms with Crippen LogP contribution in [-0.4, -0.2) is 30.4 Å². The predicted molar refractivity (Wildman–Crippen MR) is 123 cm³/mol. The maximum Gasteiger partial charge on any atom is 0.255 e. The van der Waals surface area contributed by atoms with Gasteiger partial charge in [-0.25, -0.2) is 4.39 Å². The molecule has 3 aromatic carbocycles. The van der Waals surface area contributed by atoms with Gasteiger partial charge in [-0.05, 0) is 47.5 Å². The van der Waals surface area contributed by atoms with E-state index in [0.717, 1.165) is 27.0 Å². The number of fused-ring (bicyclic) bond motifs is 2. The summed E-state index contributed by atoms with van der Waals surface area (Å²) < 4.78 is 26.1. The van der Waals surface area contributed by atoms with Gasteiger partial charge in [0.05, 0.1) is 11.4 Å². The van der Waals surface area contributed by atoms with Crippen LogP contribution in [-0.2, 0) is 17.7 Å². The number of hydrogen-bond donors (Lipinski definition) is 0. The Bertz CT molecular complexity index is 1240. The molecule has 5 rings (SSSR count). The van der Waals surface area contributed by atoms with Crippen molar-refractivity contribution in [1.29, 1.82) is 0 Å². The lowest BCUT2D eigenvalue weighted by Crippen LogP contribution is -2.35. The van der Waals surface area contributed by atoms with Crippen molar-refractivity contribution in [3.63, 3.8) is 0 Å². The molecule has 1 unspecified atom stereocenters. The van der Waals surface area contributed by atoms with E-state index < -0.39 is 11.9 Å². The van der Waals surface area contributed by atoms with Crippen LogP contribution in [0, 0.1) is 5.82 Å². The highest BCUT2D eigenvalue weighted by Crippen LogP contribution is 2.41. The van der Waals surface area contributed by atoms with E-state index in [-0.39, 0.29) is 12.7 Å². The Morgan fingerprint density at radius 2 is 1.97 bits per heavy atom. The van der Waals surface area contributed by atoms with Gasteiger partial charge in [0.25, 0.3) is 5.91 Å². The fourth-order valence-corrected chi connectivity index (χ4v) is 4.70. The molecule has 0 aliphatic carbocycles. The van der Waals surface area contributed by atoms with Crippen molar-refractivity contribution in [1.82, 2.24) is 4.90 Å². The minimum atomic E-state index is -0.580. The molecule has 0 aromatic heterocycles. The van der Waals surface area contributed by atoms with Crippen LogP contribution in [0.2, 0.25) is 0 Å². The molecule has 0 N–H and O–H groups in total. The second-order valence-electron chi connectivity index (χ2n) is 7.78. The SMILES string of the molecule is COCOc1ccc(F)cc1C(C1=Nc2ccccc2C1)N1Cc2ccc(Br)cc2C1=O. The highest BCUT2D eigenvalue weighted by Gasteiger charge is 2.39. The molecule has 2 aliphatic rings. The zero-order valence-electron chi connectivity index (χ0n) is 17.3. The number of aliphatic imine (C=N–C) groups is 1. The van der Waals surface area contributed by atoms with E-state index in [0.29, 0.717) is 29.8 Å². The average molecular weight is 495 g/mol. The van der Waals surface area contributed by atoms with Gasteiger partial charge >= 0.3 is 0 Å². The van der Waals surface area contributed by atoms with Gasteiger partial charge in [-0.2, -0.15) is 0 Å². The molecule has 3 aromatic rings. The second kappa shape index (κ2) is 8.48. The Kier molecular flexibility index (Phi) is 5.53. The van der Waals surface area contributed by atoms with Crippen molar-refractivity contribution in [3.8, 4) is 5.75 Å². The second-order valence-corrected chi connectivity index (χ2v) is 8.69. The summed E-state index contributed by atoms with van der Waals surface area (Å²) in [5.41, 5.74) is 4.84. The van der Waals surface area contributed by atoms with E-state index in [9.17, 15) is 9.18 Å². The summed E-state index contributed by atoms with van der Waals surface area (Å²) in [6.45, 7) is 0.418. The zero-order valence-corrected chi connectivity index (χ0v) is 18.9. The molecule has 0 spiro atoms. The van der Waals surface area contributed by atoms with Gasteiger partial charge < -0.3 is 14.4 Å². The Morgan fingerprint density at radius 1 is 1.12 bits per heavy atom. The molecule has 162 valence electrons. The van der Waals surface area contributed by atoms with Gasteiger partial charge in [0.15, 0.2) is 6.79 Å². The summed E-state index contributed by atoms with van der Waals surface area (Å²) in [6, 6.07) is 17.3. The molecule has 0 bridgehead atoms. The minimum absolute atomic E-state index is 0.0131. The summed E-state index contributed by atoms with van der Waals surface area (Å²) in [6.07, 6.45) is 0.574. The summed E-state index contributed by atoms with van der Waals surface area (Å²) >= 11 is 3.45. The standard InChI is InChI=1S/C25H20BrFN2O3/c1-31-14-32-23-9-8-18(27)12-20(23)24(22-10-15-4-2-3-5-21(15)28-22)29-13-16-6-7-17(26)11-19(16)25(29)30/h2-9,11-12,24H,10,13-14H2,1H3. The van der Waals surface area contributed by atoms with Crippen molar-refractivity contribution < 1.29 is 18.7 Å². The number of carbonyl (C=O) groups excluding carboxylic acids is 1. The van der Waals surface area contributed by atoms with Crippen LogP contribution in [0.5, 0.6) is 5.75 Å². The molecule has 2 aliphatic heterocycles. The number of amides is 1. The number of methoxy groups -OCH3 is 1. The number of para-hydroxylation sites is 1. The smallest absolute Gasteiger partial charge is 0.255 e. The lowest BCUT2D eigenvalue weighted by Gasteiger charge is -2.30. The third kappa shape index (κ3) is 3.72. The van der Waals surface area contributed by atoms with Gasteiger partial charge in [-0.3, -0.25) is 9.79 Å². The first-order chi connectivity index (χ1) is 15.5. The van der Waals surface area contributed by atoms with Gasteiger partial charge in [0, 0.05) is 35.7 Å². The number of carbonyl (C=O) groups is 1. The topological polar surface area (TPSA) is 51.1 Å². The summed E-state index contributed by atoms with van der Waals surface area (Å²) in [5, 5.41) is 0. The monoisotopic (exact) mass is 494 g/mol. The highest BCUT2D eigenvalue weighted by molar-refractivity contribution is 9.10. The molecule has 0 saturated heterocycles. The van der Waals surface area contributed by atoms with E-state index in [4.69, 9.17) is 14.5 Å². The third-order valence-corrected chi connectivity index (χ3v) is 6.25. The fraction of sp³-hybridized carbons (Fsp3) is 0.200. The Balaban J connectivity index is 1.62. The zero-order chi connectivity index (χ0) is 22.2. The number of hydrogen-bond acceptors (Lipinski definition) is 4. The molecule has 1 atom stereocenters. The van der Waals surface area contributed by atoms with Crippen LogP contribution in [0.1, 0.15) is 33.1 Å². The maximum atomic E-state index is 14.4. The normalized spacial score (nSPS) is 15.4. The lowest BCUT2D eigenvalue weighted by atomic mass is 9.96. The molecule has 0 saturated carbocycles. The van der Waals surface area contributed by atoms with Crippen molar-refractivity contribution in [2.75, 3.05) is 13.9 Å². The number of halogens is 2. The number of benzene rings is 3. The molecule has 32 heavy (non-hydrogen) atoms. The highest BCUT2D eigenvalue weighted by atomic mass is 79.9. The fourth-order valence-electron chi connectivity index (χ4n) is 4.33. The van der Waals surface area contributed by atoms with Gasteiger partial charge in [0.1, 0.15) is 17.6 Å². The molecule has 1 amide bonds. The molecule has 5 nitrogen and oxygen atoms in total. The Morgan fingerprint density at radius 3 is 2.78 bits per heavy atom. The van der Waals surface area contributed by atoms with Gasteiger partial charge in [-0.1, -0.05) is 40.2 Å². The van der Waals surface area contributed by atoms with Crippen LogP contribution >= 0.6 is 15.9 Å². The number of nitrogens with zero attached hydrogens (tertiary/aromatic N) is 2. The van der Waals surface area contributed by atoms with Crippen molar-refractivity contribution in [2.45, 2.75) is 19.0 Å². The van der Waals surface area contributed by atoms with Crippen LogP contribution in [0.15, 0.2) is 70.1 Å². The van der Waals surface area contributed by atoms with E-state index in [1.54, 1.807) is 11.0 Å². The summed E-state index contributed by atoms with van der Waals surface area (Å²) in [5.74, 6) is -0.0634. The molecule has 2 heterocycles. The van der Waals surface area contributed by atoms with Crippen molar-refractivity contribution in [2.24, 2.45) is 4.99 Å². The van der Waals surface area contributed by atoms with Crippen LogP contribution < -0.4 is 4.74 Å². The molecular weight excluding hydrogens is 475 g/mol. The van der Waals surface area contributed by atoms with E-state index in [2.05, 4.69) is 15.9 Å². The van der Waals surface area contributed by atoms with Gasteiger partial charge in [0.2, 0.25) is 0 Å². The predicted octanol–water partition coefficient (Wildman–Crippen LogP) is 5.60. The Hall–Kier alpha value is -3.03. The first-order valence-electron chi connectivity index (χ1n) is 10.2. The summed E-state index contributed by atoms with van der Waals surface area (Å²) in [4.78, 5) is 20.1. The quantitative estimate of drug-likeness (QED) is 0.419. The largest absolute Gasteiger partial charge is 0.467 e. The van der Waals surface area contributed by atoms with Gasteiger partial charge in [-0.15, -0.1) is 0 Å². The molecular formula is C25H20BrFN2O3. The first kappa shape index (κ1) is 20.8. The molecule has 0 radical (unpaired) electrons. The van der Waals surface area contributed by atoms with Crippen molar-refractivity contribution in [3.05, 3.63) is 93.2 Å². The van der Waals surface area contributed by atoms with Crippen LogP contribution in [0.4, 0.5) is 10.1 Å².